The lowest BCUT2D eigenvalue weighted by Gasteiger charge is -2.16. The molecule has 98 valence electrons. The lowest BCUT2D eigenvalue weighted by Crippen LogP contribution is -2.27. The van der Waals surface area contributed by atoms with Gasteiger partial charge in [-0.1, -0.05) is 0 Å². The van der Waals surface area contributed by atoms with Crippen molar-refractivity contribution in [3.8, 4) is 0 Å². The number of halogens is 1. The number of aromatic nitrogens is 1. The Morgan fingerprint density at radius 3 is 2.78 bits per heavy atom. The predicted molar refractivity (Wildman–Crippen MR) is 70.4 cm³/mol. The minimum atomic E-state index is -3.55. The van der Waals surface area contributed by atoms with Crippen LogP contribution in [0.25, 0.3) is 0 Å². The van der Waals surface area contributed by atoms with Gasteiger partial charge in [0.2, 0.25) is 15.9 Å². The quantitative estimate of drug-likeness (QED) is 0.814. The number of primary sulfonamides is 1. The highest BCUT2D eigenvalue weighted by molar-refractivity contribution is 9.10. The molecule has 1 saturated heterocycles. The van der Waals surface area contributed by atoms with Crippen molar-refractivity contribution >= 4 is 37.5 Å². The second-order valence-electron chi connectivity index (χ2n) is 4.24. The molecule has 0 radical (unpaired) electrons. The van der Waals surface area contributed by atoms with Crippen molar-refractivity contribution in [1.29, 1.82) is 0 Å². The third-order valence-corrected chi connectivity index (χ3v) is 4.10. The van der Waals surface area contributed by atoms with Crippen LogP contribution < -0.4 is 10.0 Å². The molecule has 1 aromatic rings. The molecule has 2 rings (SSSR count). The van der Waals surface area contributed by atoms with E-state index in [4.69, 9.17) is 5.14 Å². The van der Waals surface area contributed by atoms with Crippen LogP contribution in [0.2, 0.25) is 0 Å². The number of hydrogen-bond donors (Lipinski definition) is 1. The number of carbonyl (C=O) groups is 1. The molecule has 1 atom stereocenters. The zero-order chi connectivity index (χ0) is 13.3. The lowest BCUT2D eigenvalue weighted by molar-refractivity contribution is -0.117. The Labute approximate surface area is 113 Å². The molecule has 2 heterocycles. The molecule has 0 saturated carbocycles. The molecule has 0 aromatic carbocycles. The van der Waals surface area contributed by atoms with E-state index in [-0.39, 0.29) is 24.0 Å². The van der Waals surface area contributed by atoms with Crippen LogP contribution in [0.3, 0.4) is 0 Å². The van der Waals surface area contributed by atoms with E-state index in [1.165, 1.54) is 4.90 Å². The van der Waals surface area contributed by atoms with Gasteiger partial charge in [-0.15, -0.1) is 0 Å². The molecule has 1 amide bonds. The van der Waals surface area contributed by atoms with Crippen molar-refractivity contribution in [1.82, 2.24) is 4.98 Å². The molecule has 0 aliphatic carbocycles. The summed E-state index contributed by atoms with van der Waals surface area (Å²) in [4.78, 5) is 17.4. The molecule has 8 heteroatoms. The Bertz CT molecular complexity index is 558. The molecule has 1 aliphatic rings. The standard InChI is InChI=1S/C10H12BrN3O3S/c11-9-2-1-8(4-13-9)14-5-7(3-10(14)15)6-18(12,16)17/h1-2,4,7H,3,5-6H2,(H2,12,16,17). The Morgan fingerprint density at radius 2 is 2.22 bits per heavy atom. The molecule has 0 bridgehead atoms. The SMILES string of the molecule is NS(=O)(=O)CC1CC(=O)N(c2ccc(Br)nc2)C1. The summed E-state index contributed by atoms with van der Waals surface area (Å²) in [6.45, 7) is 0.360. The summed E-state index contributed by atoms with van der Waals surface area (Å²) in [5, 5.41) is 4.99. The fourth-order valence-electron chi connectivity index (χ4n) is 2.00. The van der Waals surface area contributed by atoms with E-state index in [1.54, 1.807) is 18.3 Å². The normalized spacial score (nSPS) is 20.4. The molecule has 6 nitrogen and oxygen atoms in total. The molecule has 1 aromatic heterocycles. The molecular weight excluding hydrogens is 322 g/mol. The summed E-state index contributed by atoms with van der Waals surface area (Å²) >= 11 is 3.21. The molecule has 2 N–H and O–H groups in total. The van der Waals surface area contributed by atoms with E-state index in [1.807, 2.05) is 0 Å². The number of hydrogen-bond acceptors (Lipinski definition) is 4. The first-order valence-corrected chi connectivity index (χ1v) is 7.78. The van der Waals surface area contributed by atoms with Crippen molar-refractivity contribution in [2.24, 2.45) is 11.1 Å². The lowest BCUT2D eigenvalue weighted by atomic mass is 10.1. The Hall–Kier alpha value is -0.990. The Balaban J connectivity index is 2.12. The Morgan fingerprint density at radius 1 is 1.50 bits per heavy atom. The van der Waals surface area contributed by atoms with Gasteiger partial charge in [0, 0.05) is 18.9 Å². The summed E-state index contributed by atoms with van der Waals surface area (Å²) in [7, 11) is -3.55. The first kappa shape index (κ1) is 13.4. The smallest absolute Gasteiger partial charge is 0.227 e. The van der Waals surface area contributed by atoms with Crippen LogP contribution in [0.4, 0.5) is 5.69 Å². The van der Waals surface area contributed by atoms with Crippen LogP contribution in [0, 0.1) is 5.92 Å². The van der Waals surface area contributed by atoms with E-state index in [2.05, 4.69) is 20.9 Å². The maximum absolute atomic E-state index is 11.8. The van der Waals surface area contributed by atoms with Crippen molar-refractivity contribution < 1.29 is 13.2 Å². The summed E-state index contributed by atoms with van der Waals surface area (Å²) in [5.74, 6) is -0.525. The van der Waals surface area contributed by atoms with E-state index in [0.29, 0.717) is 16.8 Å². The van der Waals surface area contributed by atoms with Crippen LogP contribution in [-0.4, -0.2) is 31.6 Å². The molecule has 1 fully saturated rings. The van der Waals surface area contributed by atoms with Gasteiger partial charge in [0.15, 0.2) is 0 Å². The zero-order valence-corrected chi connectivity index (χ0v) is 11.8. The van der Waals surface area contributed by atoms with Gasteiger partial charge in [-0.3, -0.25) is 4.79 Å². The van der Waals surface area contributed by atoms with Gasteiger partial charge < -0.3 is 4.90 Å². The highest BCUT2D eigenvalue weighted by atomic mass is 79.9. The van der Waals surface area contributed by atoms with E-state index < -0.39 is 10.0 Å². The number of amides is 1. The van der Waals surface area contributed by atoms with Gasteiger partial charge in [0.25, 0.3) is 0 Å². The van der Waals surface area contributed by atoms with Gasteiger partial charge in [0.05, 0.1) is 17.6 Å². The summed E-state index contributed by atoms with van der Waals surface area (Å²) < 4.78 is 22.7. The van der Waals surface area contributed by atoms with Gasteiger partial charge in [0.1, 0.15) is 4.60 Å². The van der Waals surface area contributed by atoms with Crippen LogP contribution in [-0.2, 0) is 14.8 Å². The third-order valence-electron chi connectivity index (χ3n) is 2.70. The number of pyridine rings is 1. The molecule has 18 heavy (non-hydrogen) atoms. The third kappa shape index (κ3) is 3.27. The molecule has 1 aliphatic heterocycles. The maximum Gasteiger partial charge on any atom is 0.227 e. The summed E-state index contributed by atoms with van der Waals surface area (Å²) in [5.41, 5.74) is 0.667. The maximum atomic E-state index is 11.8. The number of anilines is 1. The monoisotopic (exact) mass is 333 g/mol. The van der Waals surface area contributed by atoms with Crippen molar-refractivity contribution in [3.05, 3.63) is 22.9 Å². The fourth-order valence-corrected chi connectivity index (χ4v) is 3.11. The topological polar surface area (TPSA) is 93.4 Å². The van der Waals surface area contributed by atoms with Gasteiger partial charge in [-0.25, -0.2) is 18.5 Å². The average molecular weight is 334 g/mol. The van der Waals surface area contributed by atoms with Crippen molar-refractivity contribution in [3.63, 3.8) is 0 Å². The van der Waals surface area contributed by atoms with Crippen molar-refractivity contribution in [2.45, 2.75) is 6.42 Å². The zero-order valence-electron chi connectivity index (χ0n) is 9.41. The number of sulfonamides is 1. The molecular formula is C10H12BrN3O3S. The van der Waals surface area contributed by atoms with Crippen LogP contribution >= 0.6 is 15.9 Å². The van der Waals surface area contributed by atoms with Crippen LogP contribution in [0.5, 0.6) is 0 Å². The first-order chi connectivity index (χ1) is 8.35. The van der Waals surface area contributed by atoms with Crippen LogP contribution in [0.15, 0.2) is 22.9 Å². The number of nitrogens with zero attached hydrogens (tertiary/aromatic N) is 2. The predicted octanol–water partition coefficient (Wildman–Crippen LogP) is 0.486. The number of nitrogens with two attached hydrogens (primary N) is 1. The van der Waals surface area contributed by atoms with E-state index in [0.717, 1.165) is 0 Å². The van der Waals surface area contributed by atoms with Gasteiger partial charge in [-0.05, 0) is 28.1 Å². The van der Waals surface area contributed by atoms with Crippen LogP contribution in [0.1, 0.15) is 6.42 Å². The minimum Gasteiger partial charge on any atom is -0.311 e. The van der Waals surface area contributed by atoms with E-state index in [9.17, 15) is 13.2 Å². The highest BCUT2D eigenvalue weighted by Gasteiger charge is 2.32. The average Bonchev–Trinajstić information content (AvgIpc) is 2.58. The number of rotatable bonds is 3. The van der Waals surface area contributed by atoms with Crippen molar-refractivity contribution in [2.75, 3.05) is 17.2 Å². The molecule has 0 spiro atoms. The van der Waals surface area contributed by atoms with Gasteiger partial charge in [-0.2, -0.15) is 0 Å². The largest absolute Gasteiger partial charge is 0.311 e. The summed E-state index contributed by atoms with van der Waals surface area (Å²) in [6.07, 6.45) is 1.77. The first-order valence-electron chi connectivity index (χ1n) is 5.27. The second kappa shape index (κ2) is 4.94. The summed E-state index contributed by atoms with van der Waals surface area (Å²) in [6, 6.07) is 3.49. The minimum absolute atomic E-state index is 0.104. The van der Waals surface area contributed by atoms with Gasteiger partial charge >= 0.3 is 0 Å². The van der Waals surface area contributed by atoms with E-state index >= 15 is 0 Å². The fraction of sp³-hybridized carbons (Fsp3) is 0.400. The number of carbonyl (C=O) groups excluding carboxylic acids is 1. The Kier molecular flexibility index (Phi) is 3.69. The second-order valence-corrected chi connectivity index (χ2v) is 6.71. The highest BCUT2D eigenvalue weighted by Crippen LogP contribution is 2.25. The molecule has 1 unspecified atom stereocenters.